The van der Waals surface area contributed by atoms with Crippen LogP contribution in [0.3, 0.4) is 0 Å². The molecule has 3 aromatic rings. The fourth-order valence-electron chi connectivity index (χ4n) is 3.56. The number of rotatable bonds is 9. The normalized spacial score (nSPS) is 11.3. The van der Waals surface area contributed by atoms with Gasteiger partial charge in [0.2, 0.25) is 0 Å². The Labute approximate surface area is 198 Å². The highest BCUT2D eigenvalue weighted by Gasteiger charge is 2.26. The molecule has 34 heavy (non-hydrogen) atoms. The van der Waals surface area contributed by atoms with Crippen molar-refractivity contribution in [1.29, 1.82) is 0 Å². The topological polar surface area (TPSA) is 128 Å². The fourth-order valence-corrected chi connectivity index (χ4v) is 3.56. The summed E-state index contributed by atoms with van der Waals surface area (Å²) in [7, 11) is 1.88. The van der Waals surface area contributed by atoms with Crippen molar-refractivity contribution in [3.05, 3.63) is 68.9 Å². The molecule has 0 bridgehead atoms. The number of nitrogens with one attached hydrogen (secondary N) is 1. The highest BCUT2D eigenvalue weighted by Crippen LogP contribution is 2.23. The number of ether oxygens (including phenoxy) is 1. The average Bonchev–Trinajstić information content (AvgIpc) is 3.18. The summed E-state index contributed by atoms with van der Waals surface area (Å²) in [5, 5.41) is 0. The Kier molecular flexibility index (Phi) is 7.60. The number of aryl methyl sites for hydroxylation is 1. The van der Waals surface area contributed by atoms with Crippen LogP contribution in [0.2, 0.25) is 0 Å². The molecule has 0 atom stereocenters. The number of benzene rings is 1. The van der Waals surface area contributed by atoms with Gasteiger partial charge in [-0.15, -0.1) is 0 Å². The van der Waals surface area contributed by atoms with E-state index in [9.17, 15) is 14.4 Å². The Morgan fingerprint density at radius 3 is 2.38 bits per heavy atom. The fraction of sp³-hybridized carbons (Fsp3) is 0.417. The molecule has 0 radical (unpaired) electrons. The van der Waals surface area contributed by atoms with Crippen LogP contribution in [0.25, 0.3) is 0 Å². The third-order valence-corrected chi connectivity index (χ3v) is 5.21. The first-order valence-corrected chi connectivity index (χ1v) is 11.2. The number of hydrogen-bond acceptors (Lipinski definition) is 6. The number of aromatic amines is 1. The van der Waals surface area contributed by atoms with Crippen molar-refractivity contribution in [3.63, 3.8) is 0 Å². The summed E-state index contributed by atoms with van der Waals surface area (Å²) in [6.07, 6.45) is 3.53. The van der Waals surface area contributed by atoms with Crippen LogP contribution in [0.4, 0.5) is 11.5 Å². The number of amides is 1. The lowest BCUT2D eigenvalue weighted by atomic mass is 10.1. The number of aromatic nitrogens is 4. The van der Waals surface area contributed by atoms with Gasteiger partial charge in [-0.3, -0.25) is 19.1 Å². The summed E-state index contributed by atoms with van der Waals surface area (Å²) in [5.41, 5.74) is 5.34. The number of H-pyrrole nitrogens is 1. The third kappa shape index (κ3) is 5.56. The molecule has 0 spiro atoms. The lowest BCUT2D eigenvalue weighted by molar-refractivity contribution is 0.0983. The predicted octanol–water partition coefficient (Wildman–Crippen LogP) is 2.39. The molecular weight excluding hydrogens is 436 g/mol. The van der Waals surface area contributed by atoms with Crippen LogP contribution >= 0.6 is 0 Å². The van der Waals surface area contributed by atoms with Crippen molar-refractivity contribution < 1.29 is 9.53 Å². The van der Waals surface area contributed by atoms with Crippen molar-refractivity contribution in [2.45, 2.75) is 40.8 Å². The van der Waals surface area contributed by atoms with Gasteiger partial charge in [0.1, 0.15) is 24.0 Å². The molecule has 1 amide bonds. The van der Waals surface area contributed by atoms with Gasteiger partial charge in [0.15, 0.2) is 5.69 Å². The van der Waals surface area contributed by atoms with Gasteiger partial charge in [-0.2, -0.15) is 0 Å². The number of hydrogen-bond donors (Lipinski definition) is 2. The van der Waals surface area contributed by atoms with Crippen LogP contribution in [0.15, 0.2) is 46.2 Å². The van der Waals surface area contributed by atoms with Gasteiger partial charge in [0.25, 0.3) is 11.5 Å². The van der Waals surface area contributed by atoms with E-state index >= 15 is 0 Å². The van der Waals surface area contributed by atoms with E-state index in [2.05, 4.69) is 9.97 Å². The minimum atomic E-state index is -0.688. The van der Waals surface area contributed by atoms with Crippen LogP contribution in [-0.2, 0) is 20.2 Å². The van der Waals surface area contributed by atoms with Gasteiger partial charge >= 0.3 is 5.69 Å². The van der Waals surface area contributed by atoms with Crippen molar-refractivity contribution >= 4 is 17.4 Å². The predicted molar refractivity (Wildman–Crippen MR) is 131 cm³/mol. The largest absolute Gasteiger partial charge is 0.486 e. The standard InChI is InChI=1S/C24H32N6O4/c1-15(2)12-29(20-21(25)30(13-16(3)4)24(33)27-22(20)31)23(32)17-6-8-18(9-7-17)34-14-19-26-10-11-28(19)5/h6-11,15-16H,12-14,25H2,1-5H3,(H,27,31,33). The first-order chi connectivity index (χ1) is 16.1. The van der Waals surface area contributed by atoms with Crippen LogP contribution in [-0.4, -0.2) is 31.6 Å². The molecule has 10 heteroatoms. The zero-order chi connectivity index (χ0) is 25.0. The highest BCUT2D eigenvalue weighted by atomic mass is 16.5. The zero-order valence-corrected chi connectivity index (χ0v) is 20.2. The van der Waals surface area contributed by atoms with Crippen molar-refractivity contribution in [2.24, 2.45) is 18.9 Å². The smallest absolute Gasteiger partial charge is 0.330 e. The lowest BCUT2D eigenvalue weighted by Gasteiger charge is -2.26. The first kappa shape index (κ1) is 24.8. The molecule has 182 valence electrons. The minimum absolute atomic E-state index is 0.0194. The van der Waals surface area contributed by atoms with E-state index in [1.807, 2.05) is 45.5 Å². The number of imidazole rings is 1. The van der Waals surface area contributed by atoms with E-state index < -0.39 is 17.2 Å². The number of anilines is 2. The van der Waals surface area contributed by atoms with Gasteiger partial charge in [-0.25, -0.2) is 9.78 Å². The maximum Gasteiger partial charge on any atom is 0.330 e. The SMILES string of the molecule is CC(C)CN(C(=O)c1ccc(OCc2nccn2C)cc1)c1c(N)n(CC(C)C)c(=O)[nH]c1=O. The first-order valence-electron chi connectivity index (χ1n) is 11.2. The molecule has 0 fully saturated rings. The van der Waals surface area contributed by atoms with Crippen molar-refractivity contribution in [1.82, 2.24) is 19.1 Å². The van der Waals surface area contributed by atoms with Gasteiger partial charge in [0, 0.05) is 38.1 Å². The molecule has 10 nitrogen and oxygen atoms in total. The Bertz CT molecular complexity index is 1250. The number of carbonyl (C=O) groups is 1. The van der Waals surface area contributed by atoms with Gasteiger partial charge in [-0.05, 0) is 36.1 Å². The van der Waals surface area contributed by atoms with E-state index in [1.54, 1.807) is 30.5 Å². The quantitative estimate of drug-likeness (QED) is 0.496. The molecule has 1 aromatic carbocycles. The number of nitrogen functional groups attached to an aromatic ring is 1. The van der Waals surface area contributed by atoms with Gasteiger partial charge in [-0.1, -0.05) is 27.7 Å². The van der Waals surface area contributed by atoms with Crippen molar-refractivity contribution in [2.75, 3.05) is 17.2 Å². The summed E-state index contributed by atoms with van der Waals surface area (Å²) in [6.45, 7) is 8.60. The second-order valence-electron chi connectivity index (χ2n) is 9.07. The molecule has 2 aromatic heterocycles. The molecule has 0 saturated heterocycles. The van der Waals surface area contributed by atoms with Crippen molar-refractivity contribution in [3.8, 4) is 5.75 Å². The average molecular weight is 469 g/mol. The molecule has 0 aliphatic rings. The Morgan fingerprint density at radius 1 is 1.15 bits per heavy atom. The van der Waals surface area contributed by atoms with Crippen LogP contribution in [0.5, 0.6) is 5.75 Å². The van der Waals surface area contributed by atoms with E-state index in [4.69, 9.17) is 10.5 Å². The van der Waals surface area contributed by atoms with Crippen LogP contribution in [0, 0.1) is 11.8 Å². The Hall–Kier alpha value is -3.82. The van der Waals surface area contributed by atoms with Crippen LogP contribution < -0.4 is 26.6 Å². The van der Waals surface area contributed by atoms with Crippen LogP contribution in [0.1, 0.15) is 43.9 Å². The van der Waals surface area contributed by atoms with Gasteiger partial charge < -0.3 is 19.9 Å². The summed E-state index contributed by atoms with van der Waals surface area (Å²) < 4.78 is 8.92. The minimum Gasteiger partial charge on any atom is -0.486 e. The molecule has 3 N–H and O–H groups in total. The second kappa shape index (κ2) is 10.4. The number of nitrogens with two attached hydrogens (primary N) is 1. The highest BCUT2D eigenvalue weighted by molar-refractivity contribution is 6.07. The van der Waals surface area contributed by atoms with E-state index in [0.29, 0.717) is 24.5 Å². The van der Waals surface area contributed by atoms with E-state index in [0.717, 1.165) is 5.82 Å². The zero-order valence-electron chi connectivity index (χ0n) is 20.2. The Balaban J connectivity index is 1.91. The molecule has 0 saturated carbocycles. The second-order valence-corrected chi connectivity index (χ2v) is 9.07. The molecule has 0 aliphatic carbocycles. The molecular formula is C24H32N6O4. The monoisotopic (exact) mass is 468 g/mol. The lowest BCUT2D eigenvalue weighted by Crippen LogP contribution is -2.43. The molecule has 0 aliphatic heterocycles. The maximum absolute atomic E-state index is 13.5. The number of carbonyl (C=O) groups excluding carboxylic acids is 1. The summed E-state index contributed by atoms with van der Waals surface area (Å²) in [6, 6.07) is 6.66. The number of nitrogens with zero attached hydrogens (tertiary/aromatic N) is 4. The molecule has 3 rings (SSSR count). The molecule has 2 heterocycles. The molecule has 0 unspecified atom stereocenters. The third-order valence-electron chi connectivity index (χ3n) is 5.21. The maximum atomic E-state index is 13.5. The van der Waals surface area contributed by atoms with E-state index in [-0.39, 0.29) is 29.9 Å². The summed E-state index contributed by atoms with van der Waals surface area (Å²) in [5.74, 6) is 1.11. The van der Waals surface area contributed by atoms with E-state index in [1.165, 1.54) is 9.47 Å². The summed E-state index contributed by atoms with van der Waals surface area (Å²) in [4.78, 5) is 46.5. The summed E-state index contributed by atoms with van der Waals surface area (Å²) >= 11 is 0. The Morgan fingerprint density at radius 2 is 1.82 bits per heavy atom. The van der Waals surface area contributed by atoms with Gasteiger partial charge in [0.05, 0.1) is 0 Å².